The van der Waals surface area contributed by atoms with Crippen LogP contribution in [-0.4, -0.2) is 42.8 Å². The summed E-state index contributed by atoms with van der Waals surface area (Å²) in [7, 11) is -3.03. The number of rotatable bonds is 3. The maximum atomic E-state index is 12.4. The Hall–Kier alpha value is -0.840. The number of carbonyl (C=O) groups is 1. The fraction of sp³-hybridized carbons (Fsp3) is 0.786. The summed E-state index contributed by atoms with van der Waals surface area (Å²) < 4.78 is 24.8. The van der Waals surface area contributed by atoms with E-state index in [1.807, 2.05) is 13.8 Å². The monoisotopic (exact) mass is 285 g/mol. The Bertz CT molecular complexity index is 465. The average Bonchev–Trinajstić information content (AvgIpc) is 2.26. The molecule has 0 bridgehead atoms. The number of sulfone groups is 1. The third-order valence-corrected chi connectivity index (χ3v) is 6.68. The van der Waals surface area contributed by atoms with Gasteiger partial charge in [-0.2, -0.15) is 0 Å². The Morgan fingerprint density at radius 3 is 2.16 bits per heavy atom. The molecular weight excluding hydrogens is 262 g/mol. The summed E-state index contributed by atoms with van der Waals surface area (Å²) in [6.07, 6.45) is 6.39. The van der Waals surface area contributed by atoms with E-state index < -0.39 is 9.84 Å². The SMILES string of the molecule is CC(C)=CC(=O)N1CC(S(=O)(=O)C2CCCCC2)C1. The third-order valence-electron chi connectivity index (χ3n) is 4.05. The fourth-order valence-electron chi connectivity index (χ4n) is 2.83. The van der Waals surface area contributed by atoms with Crippen molar-refractivity contribution < 1.29 is 13.2 Å². The first-order valence-corrected chi connectivity index (χ1v) is 8.68. The van der Waals surface area contributed by atoms with Crippen molar-refractivity contribution in [2.45, 2.75) is 56.5 Å². The summed E-state index contributed by atoms with van der Waals surface area (Å²) in [5, 5.41) is -0.489. The number of amides is 1. The van der Waals surface area contributed by atoms with Gasteiger partial charge in [0.05, 0.1) is 10.5 Å². The van der Waals surface area contributed by atoms with Crippen molar-refractivity contribution in [3.8, 4) is 0 Å². The van der Waals surface area contributed by atoms with Crippen molar-refractivity contribution >= 4 is 15.7 Å². The average molecular weight is 285 g/mol. The van der Waals surface area contributed by atoms with Crippen molar-refractivity contribution in [2.75, 3.05) is 13.1 Å². The van der Waals surface area contributed by atoms with Crippen LogP contribution in [0.25, 0.3) is 0 Å². The summed E-state index contributed by atoms with van der Waals surface area (Å²) in [5.74, 6) is -0.0601. The van der Waals surface area contributed by atoms with E-state index in [9.17, 15) is 13.2 Å². The minimum Gasteiger partial charge on any atom is -0.336 e. The van der Waals surface area contributed by atoms with E-state index in [1.165, 1.54) is 0 Å². The van der Waals surface area contributed by atoms with Gasteiger partial charge in [0, 0.05) is 19.2 Å². The van der Waals surface area contributed by atoms with Crippen molar-refractivity contribution in [1.29, 1.82) is 0 Å². The second-order valence-electron chi connectivity index (χ2n) is 5.94. The Kier molecular flexibility index (Phi) is 4.33. The zero-order valence-corrected chi connectivity index (χ0v) is 12.6. The molecule has 1 aliphatic carbocycles. The van der Waals surface area contributed by atoms with Crippen LogP contribution in [0.15, 0.2) is 11.6 Å². The van der Waals surface area contributed by atoms with E-state index in [1.54, 1.807) is 11.0 Å². The standard InChI is InChI=1S/C14H23NO3S/c1-11(2)8-14(16)15-9-13(10-15)19(17,18)12-6-4-3-5-7-12/h8,12-13H,3-7,9-10H2,1-2H3. The lowest BCUT2D eigenvalue weighted by Gasteiger charge is -2.40. The van der Waals surface area contributed by atoms with Crippen molar-refractivity contribution in [3.05, 3.63) is 11.6 Å². The summed E-state index contributed by atoms with van der Waals surface area (Å²) >= 11 is 0. The molecule has 1 saturated carbocycles. The van der Waals surface area contributed by atoms with Crippen LogP contribution in [0.4, 0.5) is 0 Å². The first kappa shape index (κ1) is 14.6. The van der Waals surface area contributed by atoms with Crippen LogP contribution in [0.1, 0.15) is 46.0 Å². The smallest absolute Gasteiger partial charge is 0.246 e. The molecule has 2 fully saturated rings. The van der Waals surface area contributed by atoms with Crippen LogP contribution in [-0.2, 0) is 14.6 Å². The number of allylic oxidation sites excluding steroid dienone is 1. The summed E-state index contributed by atoms with van der Waals surface area (Å²) in [5.41, 5.74) is 0.948. The molecule has 0 unspecified atom stereocenters. The molecule has 108 valence electrons. The lowest BCUT2D eigenvalue weighted by atomic mass is 10.0. The molecular formula is C14H23NO3S. The molecule has 0 atom stereocenters. The van der Waals surface area contributed by atoms with Gasteiger partial charge in [0.1, 0.15) is 0 Å². The molecule has 0 aromatic carbocycles. The molecule has 0 N–H and O–H groups in total. The van der Waals surface area contributed by atoms with Crippen LogP contribution in [0, 0.1) is 0 Å². The molecule has 0 spiro atoms. The molecule has 0 aromatic rings. The molecule has 0 radical (unpaired) electrons. The zero-order chi connectivity index (χ0) is 14.0. The van der Waals surface area contributed by atoms with Crippen LogP contribution in [0.3, 0.4) is 0 Å². The predicted molar refractivity (Wildman–Crippen MR) is 75.6 cm³/mol. The van der Waals surface area contributed by atoms with Crippen LogP contribution in [0.5, 0.6) is 0 Å². The van der Waals surface area contributed by atoms with Gasteiger partial charge in [-0.05, 0) is 26.7 Å². The Morgan fingerprint density at radius 2 is 1.63 bits per heavy atom. The molecule has 5 heteroatoms. The quantitative estimate of drug-likeness (QED) is 0.744. The Balaban J connectivity index is 1.92. The molecule has 1 amide bonds. The highest BCUT2D eigenvalue weighted by Crippen LogP contribution is 2.29. The lowest BCUT2D eigenvalue weighted by molar-refractivity contribution is -0.129. The predicted octanol–water partition coefficient (Wildman–Crippen LogP) is 1.91. The number of hydrogen-bond acceptors (Lipinski definition) is 3. The van der Waals surface area contributed by atoms with E-state index in [2.05, 4.69) is 0 Å². The zero-order valence-electron chi connectivity index (χ0n) is 11.8. The molecule has 1 heterocycles. The van der Waals surface area contributed by atoms with E-state index in [0.717, 1.165) is 37.7 Å². The third kappa shape index (κ3) is 3.19. The molecule has 1 aliphatic heterocycles. The number of likely N-dealkylation sites (tertiary alicyclic amines) is 1. The van der Waals surface area contributed by atoms with Crippen molar-refractivity contribution in [1.82, 2.24) is 4.90 Å². The summed E-state index contributed by atoms with van der Waals surface area (Å²) in [4.78, 5) is 13.4. The van der Waals surface area contributed by atoms with Crippen molar-refractivity contribution in [3.63, 3.8) is 0 Å². The highest BCUT2D eigenvalue weighted by Gasteiger charge is 2.43. The Labute approximate surface area is 115 Å². The van der Waals surface area contributed by atoms with E-state index in [-0.39, 0.29) is 16.4 Å². The number of nitrogens with zero attached hydrogens (tertiary/aromatic N) is 1. The summed E-state index contributed by atoms with van der Waals surface area (Å²) in [6, 6.07) is 0. The largest absolute Gasteiger partial charge is 0.336 e. The topological polar surface area (TPSA) is 54.5 Å². The van der Waals surface area contributed by atoms with E-state index in [4.69, 9.17) is 0 Å². The highest BCUT2D eigenvalue weighted by atomic mass is 32.2. The van der Waals surface area contributed by atoms with Crippen LogP contribution >= 0.6 is 0 Å². The second-order valence-corrected chi connectivity index (χ2v) is 8.45. The van der Waals surface area contributed by atoms with Gasteiger partial charge in [-0.15, -0.1) is 0 Å². The Morgan fingerprint density at radius 1 is 1.05 bits per heavy atom. The first-order chi connectivity index (χ1) is 8.91. The maximum absolute atomic E-state index is 12.4. The molecule has 4 nitrogen and oxygen atoms in total. The first-order valence-electron chi connectivity index (χ1n) is 7.08. The molecule has 2 rings (SSSR count). The molecule has 0 aromatic heterocycles. The number of carbonyl (C=O) groups excluding carboxylic acids is 1. The number of hydrogen-bond donors (Lipinski definition) is 0. The second kappa shape index (κ2) is 5.65. The normalized spacial score (nSPS) is 21.9. The molecule has 19 heavy (non-hydrogen) atoms. The van der Waals surface area contributed by atoms with Gasteiger partial charge in [0.2, 0.25) is 5.91 Å². The maximum Gasteiger partial charge on any atom is 0.246 e. The van der Waals surface area contributed by atoms with Gasteiger partial charge in [0.15, 0.2) is 9.84 Å². The van der Waals surface area contributed by atoms with E-state index >= 15 is 0 Å². The van der Waals surface area contributed by atoms with Gasteiger partial charge < -0.3 is 4.90 Å². The van der Waals surface area contributed by atoms with Gasteiger partial charge in [-0.25, -0.2) is 8.42 Å². The molecule has 1 saturated heterocycles. The van der Waals surface area contributed by atoms with Crippen molar-refractivity contribution in [2.24, 2.45) is 0 Å². The van der Waals surface area contributed by atoms with Gasteiger partial charge in [-0.1, -0.05) is 24.8 Å². The van der Waals surface area contributed by atoms with E-state index in [0.29, 0.717) is 13.1 Å². The lowest BCUT2D eigenvalue weighted by Crippen LogP contribution is -2.58. The van der Waals surface area contributed by atoms with Gasteiger partial charge in [-0.3, -0.25) is 4.79 Å². The highest BCUT2D eigenvalue weighted by molar-refractivity contribution is 7.92. The summed E-state index contributed by atoms with van der Waals surface area (Å²) in [6.45, 7) is 4.49. The minimum absolute atomic E-state index is 0.0601. The fourth-order valence-corrected chi connectivity index (χ4v) is 5.14. The van der Waals surface area contributed by atoms with Gasteiger partial charge in [0.25, 0.3) is 0 Å². The van der Waals surface area contributed by atoms with Gasteiger partial charge >= 0.3 is 0 Å². The van der Waals surface area contributed by atoms with Crippen LogP contribution < -0.4 is 0 Å². The minimum atomic E-state index is -3.03. The van der Waals surface area contributed by atoms with Crippen LogP contribution in [0.2, 0.25) is 0 Å². The molecule has 2 aliphatic rings.